The summed E-state index contributed by atoms with van der Waals surface area (Å²) in [7, 11) is 0. The predicted molar refractivity (Wildman–Crippen MR) is 133 cm³/mol. The first kappa shape index (κ1) is 18.0. The van der Waals surface area contributed by atoms with Crippen LogP contribution in [0.2, 0.25) is 5.02 Å². The van der Waals surface area contributed by atoms with Gasteiger partial charge in [-0.2, -0.15) is 0 Å². The highest BCUT2D eigenvalue weighted by Crippen LogP contribution is 2.64. The van der Waals surface area contributed by atoms with E-state index >= 15 is 0 Å². The van der Waals surface area contributed by atoms with E-state index in [-0.39, 0.29) is 5.41 Å². The Labute approximate surface area is 192 Å². The van der Waals surface area contributed by atoms with Gasteiger partial charge in [-0.25, -0.2) is 0 Å². The van der Waals surface area contributed by atoms with Crippen LogP contribution in [0.3, 0.4) is 0 Å². The van der Waals surface area contributed by atoms with Crippen LogP contribution in [-0.4, -0.2) is 0 Å². The van der Waals surface area contributed by atoms with Crippen molar-refractivity contribution >= 4 is 11.6 Å². The van der Waals surface area contributed by atoms with Crippen LogP contribution in [0, 0.1) is 0 Å². The summed E-state index contributed by atoms with van der Waals surface area (Å²) in [6, 6.07) is 41.6. The van der Waals surface area contributed by atoms with Crippen molar-refractivity contribution in [3.05, 3.63) is 143 Å². The zero-order valence-corrected chi connectivity index (χ0v) is 18.1. The second-order valence-corrected chi connectivity index (χ2v) is 9.06. The minimum Gasteiger partial charge on any atom is -0.0843 e. The molecule has 0 nitrogen and oxygen atoms in total. The Kier molecular flexibility index (Phi) is 3.63. The maximum atomic E-state index is 6.64. The third-order valence-corrected chi connectivity index (χ3v) is 7.40. The number of halogens is 1. The highest BCUT2D eigenvalue weighted by molar-refractivity contribution is 6.31. The summed E-state index contributed by atoms with van der Waals surface area (Å²) in [5.41, 5.74) is 12.7. The molecule has 2 aliphatic rings. The van der Waals surface area contributed by atoms with Gasteiger partial charge >= 0.3 is 0 Å². The van der Waals surface area contributed by atoms with Crippen molar-refractivity contribution in [3.63, 3.8) is 0 Å². The van der Waals surface area contributed by atoms with E-state index in [1.54, 1.807) is 0 Å². The lowest BCUT2D eigenvalue weighted by Gasteiger charge is -2.30. The fourth-order valence-electron chi connectivity index (χ4n) is 6.02. The van der Waals surface area contributed by atoms with E-state index in [1.807, 2.05) is 6.07 Å². The van der Waals surface area contributed by atoms with Gasteiger partial charge in [-0.15, -0.1) is 0 Å². The third-order valence-electron chi connectivity index (χ3n) is 7.16. The van der Waals surface area contributed by atoms with Crippen molar-refractivity contribution in [2.75, 3.05) is 0 Å². The highest BCUT2D eigenvalue weighted by atomic mass is 35.5. The maximum Gasteiger partial charge on any atom is 0.0726 e. The number of hydrogen-bond donors (Lipinski definition) is 0. The normalized spacial score (nSPS) is 14.0. The van der Waals surface area contributed by atoms with E-state index in [2.05, 4.69) is 109 Å². The Hall–Kier alpha value is -3.61. The largest absolute Gasteiger partial charge is 0.0843 e. The van der Waals surface area contributed by atoms with Crippen molar-refractivity contribution in [3.8, 4) is 33.4 Å². The fraction of sp³-hybridized carbons (Fsp3) is 0.0323. The van der Waals surface area contributed by atoms with Crippen molar-refractivity contribution in [1.82, 2.24) is 0 Å². The molecule has 2 aliphatic carbocycles. The molecular formula is C31H19Cl. The third kappa shape index (κ3) is 2.13. The molecule has 0 unspecified atom stereocenters. The van der Waals surface area contributed by atoms with E-state index in [0.717, 1.165) is 5.02 Å². The quantitative estimate of drug-likeness (QED) is 0.247. The molecule has 0 aromatic heterocycles. The molecule has 0 aliphatic heterocycles. The van der Waals surface area contributed by atoms with Crippen molar-refractivity contribution in [2.24, 2.45) is 0 Å². The topological polar surface area (TPSA) is 0 Å². The highest BCUT2D eigenvalue weighted by Gasteiger charge is 2.52. The van der Waals surface area contributed by atoms with Gasteiger partial charge in [0.25, 0.3) is 0 Å². The van der Waals surface area contributed by atoms with Crippen molar-refractivity contribution in [2.45, 2.75) is 5.41 Å². The summed E-state index contributed by atoms with van der Waals surface area (Å²) in [4.78, 5) is 0. The smallest absolute Gasteiger partial charge is 0.0726 e. The molecule has 0 bridgehead atoms. The Bertz CT molecular complexity index is 1480. The molecule has 5 aromatic carbocycles. The van der Waals surface area contributed by atoms with Crippen LogP contribution >= 0.6 is 11.6 Å². The van der Waals surface area contributed by atoms with E-state index < -0.39 is 0 Å². The summed E-state index contributed by atoms with van der Waals surface area (Å²) in [5, 5.41) is 0.777. The molecule has 0 radical (unpaired) electrons. The molecule has 150 valence electrons. The lowest BCUT2D eigenvalue weighted by atomic mass is 9.70. The number of hydrogen-bond acceptors (Lipinski definition) is 0. The molecule has 5 aromatic rings. The Balaban J connectivity index is 1.69. The first-order valence-corrected chi connectivity index (χ1v) is 11.4. The SMILES string of the molecule is Clc1ccc2c(c1)C1(c3ccccc3-c3ccccc31)c1cccc(-c3ccccc3)c1-2. The van der Waals surface area contributed by atoms with Gasteiger partial charge in [0.2, 0.25) is 0 Å². The minimum absolute atomic E-state index is 0.354. The van der Waals surface area contributed by atoms with Gasteiger partial charge in [-0.1, -0.05) is 115 Å². The van der Waals surface area contributed by atoms with Gasteiger partial charge in [0.15, 0.2) is 0 Å². The molecule has 0 amide bonds. The average Bonchev–Trinajstić information content (AvgIpc) is 3.31. The van der Waals surface area contributed by atoms with Crippen LogP contribution in [0.1, 0.15) is 22.3 Å². The summed E-state index contributed by atoms with van der Waals surface area (Å²) < 4.78 is 0. The van der Waals surface area contributed by atoms with Gasteiger partial charge in [-0.05, 0) is 67.8 Å². The van der Waals surface area contributed by atoms with Crippen LogP contribution in [-0.2, 0) is 5.41 Å². The first-order chi connectivity index (χ1) is 15.8. The van der Waals surface area contributed by atoms with Crippen molar-refractivity contribution < 1.29 is 0 Å². The molecule has 1 heteroatoms. The van der Waals surface area contributed by atoms with E-state index in [4.69, 9.17) is 11.6 Å². The zero-order valence-electron chi connectivity index (χ0n) is 17.3. The van der Waals surface area contributed by atoms with Gasteiger partial charge in [0, 0.05) is 5.02 Å². The zero-order chi connectivity index (χ0) is 21.3. The Morgan fingerprint density at radius 1 is 0.438 bits per heavy atom. The minimum atomic E-state index is -0.354. The maximum absolute atomic E-state index is 6.64. The molecule has 1 spiro atoms. The second-order valence-electron chi connectivity index (χ2n) is 8.63. The second kappa shape index (κ2) is 6.45. The van der Waals surface area contributed by atoms with Crippen LogP contribution < -0.4 is 0 Å². The Morgan fingerprint density at radius 3 is 1.75 bits per heavy atom. The molecule has 0 atom stereocenters. The number of benzene rings is 5. The van der Waals surface area contributed by atoms with E-state index in [1.165, 1.54) is 55.6 Å². The average molecular weight is 427 g/mol. The molecule has 0 heterocycles. The summed E-state index contributed by atoms with van der Waals surface area (Å²) >= 11 is 6.64. The lowest BCUT2D eigenvalue weighted by molar-refractivity contribution is 0.794. The van der Waals surface area contributed by atoms with Crippen molar-refractivity contribution in [1.29, 1.82) is 0 Å². The predicted octanol–water partition coefficient (Wildman–Crippen LogP) is 8.35. The van der Waals surface area contributed by atoms with Crippen LogP contribution in [0.25, 0.3) is 33.4 Å². The summed E-state index contributed by atoms with van der Waals surface area (Å²) in [6.45, 7) is 0. The van der Waals surface area contributed by atoms with Crippen LogP contribution in [0.4, 0.5) is 0 Å². The van der Waals surface area contributed by atoms with Crippen LogP contribution in [0.5, 0.6) is 0 Å². The summed E-state index contributed by atoms with van der Waals surface area (Å²) in [5.74, 6) is 0. The molecule has 0 fully saturated rings. The van der Waals surface area contributed by atoms with Gasteiger partial charge in [-0.3, -0.25) is 0 Å². The molecule has 32 heavy (non-hydrogen) atoms. The molecule has 0 saturated heterocycles. The van der Waals surface area contributed by atoms with Gasteiger partial charge in [0.05, 0.1) is 5.41 Å². The molecule has 0 saturated carbocycles. The molecule has 7 rings (SSSR count). The van der Waals surface area contributed by atoms with Gasteiger partial charge in [0.1, 0.15) is 0 Å². The fourth-order valence-corrected chi connectivity index (χ4v) is 6.19. The lowest BCUT2D eigenvalue weighted by Crippen LogP contribution is -2.25. The van der Waals surface area contributed by atoms with E-state index in [0.29, 0.717) is 0 Å². The first-order valence-electron chi connectivity index (χ1n) is 11.0. The Morgan fingerprint density at radius 2 is 1.03 bits per heavy atom. The number of fused-ring (bicyclic) bond motifs is 10. The number of rotatable bonds is 1. The summed E-state index contributed by atoms with van der Waals surface area (Å²) in [6.07, 6.45) is 0. The monoisotopic (exact) mass is 426 g/mol. The van der Waals surface area contributed by atoms with Gasteiger partial charge < -0.3 is 0 Å². The standard InChI is InChI=1S/C31H19Cl/c32-21-17-18-25-29(19-21)31(26-14-6-4-11-23(26)24-12-5-7-15-27(24)31)28-16-8-13-22(30(25)28)20-9-2-1-3-10-20/h1-19H. The molecule has 0 N–H and O–H groups in total. The van der Waals surface area contributed by atoms with Crippen LogP contribution in [0.15, 0.2) is 115 Å². The van der Waals surface area contributed by atoms with E-state index in [9.17, 15) is 0 Å². The molecular weight excluding hydrogens is 408 g/mol.